The van der Waals surface area contributed by atoms with Crippen LogP contribution < -0.4 is 5.32 Å². The van der Waals surface area contributed by atoms with Crippen LogP contribution in [0.2, 0.25) is 0 Å². The van der Waals surface area contributed by atoms with E-state index in [0.29, 0.717) is 5.56 Å². The summed E-state index contributed by atoms with van der Waals surface area (Å²) in [6.07, 6.45) is 7.08. The van der Waals surface area contributed by atoms with Gasteiger partial charge in [0, 0.05) is 24.3 Å². The van der Waals surface area contributed by atoms with E-state index in [-0.39, 0.29) is 5.78 Å². The number of hydrogen-bond donors (Lipinski definition) is 1. The second kappa shape index (κ2) is 10.6. The molecule has 0 atom stereocenters. The fourth-order valence-corrected chi connectivity index (χ4v) is 2.62. The second-order valence-electron chi connectivity index (χ2n) is 6.85. The fourth-order valence-electron chi connectivity index (χ4n) is 2.62. The van der Waals surface area contributed by atoms with Crippen molar-refractivity contribution in [3.05, 3.63) is 71.3 Å². The number of benzene rings is 2. The minimum absolute atomic E-state index is 0.0277. The van der Waals surface area contributed by atoms with Gasteiger partial charge in [0.25, 0.3) is 0 Å². The zero-order valence-electron chi connectivity index (χ0n) is 16.2. The van der Waals surface area contributed by atoms with Gasteiger partial charge in [-0.25, -0.2) is 0 Å². The number of anilines is 1. The van der Waals surface area contributed by atoms with E-state index in [2.05, 4.69) is 55.5 Å². The number of carbonyl (C=O) groups excluding carboxylic acids is 1. The van der Waals surface area contributed by atoms with Gasteiger partial charge in [0.05, 0.1) is 0 Å². The summed E-state index contributed by atoms with van der Waals surface area (Å²) in [7, 11) is 4.10. The molecule has 3 heteroatoms. The third-order valence-corrected chi connectivity index (χ3v) is 4.28. The molecule has 0 amide bonds. The van der Waals surface area contributed by atoms with Crippen LogP contribution in [-0.4, -0.2) is 37.9 Å². The summed E-state index contributed by atoms with van der Waals surface area (Å²) >= 11 is 0. The zero-order chi connectivity index (χ0) is 18.8. The van der Waals surface area contributed by atoms with Crippen molar-refractivity contribution in [1.29, 1.82) is 0 Å². The number of likely N-dealkylation sites (N-methyl/N-ethyl adjacent to an activating group) is 1. The van der Waals surface area contributed by atoms with Gasteiger partial charge in [0.15, 0.2) is 5.78 Å². The first kappa shape index (κ1) is 19.9. The van der Waals surface area contributed by atoms with Crippen molar-refractivity contribution in [2.24, 2.45) is 0 Å². The van der Waals surface area contributed by atoms with Crippen LogP contribution in [0.5, 0.6) is 0 Å². The molecule has 0 aromatic heterocycles. The first-order valence-electron chi connectivity index (χ1n) is 9.38. The molecule has 2 rings (SSSR count). The number of ketones is 1. The number of unbranched alkanes of at least 4 members (excludes halogenated alkanes) is 1. The smallest absolute Gasteiger partial charge is 0.185 e. The lowest BCUT2D eigenvalue weighted by Crippen LogP contribution is -2.20. The number of rotatable bonds is 10. The van der Waals surface area contributed by atoms with Crippen LogP contribution in [0.4, 0.5) is 5.69 Å². The molecule has 0 saturated carbocycles. The Balaban J connectivity index is 1.89. The fraction of sp³-hybridized carbons (Fsp3) is 0.348. The molecule has 0 fully saturated rings. The molecule has 1 N–H and O–H groups in total. The third-order valence-electron chi connectivity index (χ3n) is 4.28. The van der Waals surface area contributed by atoms with Gasteiger partial charge < -0.3 is 10.2 Å². The van der Waals surface area contributed by atoms with E-state index in [9.17, 15) is 4.79 Å². The minimum atomic E-state index is 0.0277. The summed E-state index contributed by atoms with van der Waals surface area (Å²) in [5, 5.41) is 3.35. The van der Waals surface area contributed by atoms with Gasteiger partial charge >= 0.3 is 0 Å². The van der Waals surface area contributed by atoms with Crippen LogP contribution in [0.25, 0.3) is 6.08 Å². The molecule has 0 aliphatic carbocycles. The predicted octanol–water partition coefficient (Wildman–Crippen LogP) is 4.90. The number of hydrogen-bond acceptors (Lipinski definition) is 3. The van der Waals surface area contributed by atoms with Crippen molar-refractivity contribution in [2.75, 3.05) is 32.5 Å². The Morgan fingerprint density at radius 1 is 1.04 bits per heavy atom. The van der Waals surface area contributed by atoms with Crippen LogP contribution in [-0.2, 0) is 6.42 Å². The summed E-state index contributed by atoms with van der Waals surface area (Å²) in [6.45, 7) is 4.06. The Kier molecular flexibility index (Phi) is 8.10. The van der Waals surface area contributed by atoms with Gasteiger partial charge in [-0.3, -0.25) is 4.79 Å². The van der Waals surface area contributed by atoms with Crippen molar-refractivity contribution in [2.45, 2.75) is 26.2 Å². The molecule has 26 heavy (non-hydrogen) atoms. The minimum Gasteiger partial charge on any atom is -0.384 e. The maximum atomic E-state index is 12.3. The molecular formula is C23H30N2O. The van der Waals surface area contributed by atoms with E-state index >= 15 is 0 Å². The molecule has 2 aromatic carbocycles. The highest BCUT2D eigenvalue weighted by Crippen LogP contribution is 2.12. The van der Waals surface area contributed by atoms with Crippen molar-refractivity contribution >= 4 is 17.5 Å². The lowest BCUT2D eigenvalue weighted by Gasteiger charge is -2.11. The van der Waals surface area contributed by atoms with Gasteiger partial charge in [0.1, 0.15) is 0 Å². The first-order chi connectivity index (χ1) is 12.6. The number of nitrogens with one attached hydrogen (secondary N) is 1. The number of carbonyl (C=O) groups is 1. The van der Waals surface area contributed by atoms with E-state index in [1.54, 1.807) is 6.08 Å². The first-order valence-corrected chi connectivity index (χ1v) is 9.38. The topological polar surface area (TPSA) is 32.3 Å². The van der Waals surface area contributed by atoms with Crippen molar-refractivity contribution in [1.82, 2.24) is 4.90 Å². The summed E-state index contributed by atoms with van der Waals surface area (Å²) in [6, 6.07) is 16.1. The van der Waals surface area contributed by atoms with Crippen LogP contribution in [0.3, 0.4) is 0 Å². The van der Waals surface area contributed by atoms with E-state index in [0.717, 1.165) is 30.8 Å². The number of aryl methyl sites for hydroxylation is 1. The molecule has 0 unspecified atom stereocenters. The van der Waals surface area contributed by atoms with Crippen LogP contribution in [0, 0.1) is 0 Å². The Bertz CT molecular complexity index is 700. The van der Waals surface area contributed by atoms with Crippen molar-refractivity contribution in [3.63, 3.8) is 0 Å². The lowest BCUT2D eigenvalue weighted by molar-refractivity contribution is 0.104. The average molecular weight is 351 g/mol. The normalized spacial score (nSPS) is 11.2. The SMILES string of the molecule is CCCCc1ccc(C=CC(=O)c2ccc(NCCN(C)C)cc2)cc1. The number of allylic oxidation sites excluding steroid dienone is 1. The molecular weight excluding hydrogens is 320 g/mol. The van der Waals surface area contributed by atoms with Crippen LogP contribution in [0.1, 0.15) is 41.3 Å². The quantitative estimate of drug-likeness (QED) is 0.489. The highest BCUT2D eigenvalue weighted by Gasteiger charge is 2.02. The Labute approximate surface area is 157 Å². The largest absolute Gasteiger partial charge is 0.384 e. The van der Waals surface area contributed by atoms with Gasteiger partial charge in [0.2, 0.25) is 0 Å². The van der Waals surface area contributed by atoms with Crippen LogP contribution in [0.15, 0.2) is 54.6 Å². The molecule has 0 spiro atoms. The summed E-state index contributed by atoms with van der Waals surface area (Å²) < 4.78 is 0. The molecule has 2 aromatic rings. The molecule has 0 radical (unpaired) electrons. The van der Waals surface area contributed by atoms with Crippen LogP contribution >= 0.6 is 0 Å². The maximum absolute atomic E-state index is 12.3. The van der Waals surface area contributed by atoms with E-state index in [1.807, 2.05) is 30.3 Å². The summed E-state index contributed by atoms with van der Waals surface area (Å²) in [4.78, 5) is 14.5. The second-order valence-corrected chi connectivity index (χ2v) is 6.85. The molecule has 0 saturated heterocycles. The van der Waals surface area contributed by atoms with Gasteiger partial charge in [-0.2, -0.15) is 0 Å². The Morgan fingerprint density at radius 2 is 1.73 bits per heavy atom. The van der Waals surface area contributed by atoms with Gasteiger partial charge in [-0.1, -0.05) is 43.7 Å². The van der Waals surface area contributed by atoms with Gasteiger partial charge in [-0.05, 0) is 68.4 Å². The molecule has 0 bridgehead atoms. The Morgan fingerprint density at radius 3 is 2.35 bits per heavy atom. The lowest BCUT2D eigenvalue weighted by atomic mass is 10.1. The standard InChI is InChI=1S/C23H30N2O/c1-4-5-6-19-7-9-20(10-8-19)11-16-23(26)21-12-14-22(15-13-21)24-17-18-25(2)3/h7-16,24H,4-6,17-18H2,1-3H3. The molecule has 0 aliphatic heterocycles. The molecule has 138 valence electrons. The van der Waals surface area contributed by atoms with Crippen molar-refractivity contribution in [3.8, 4) is 0 Å². The third kappa shape index (κ3) is 6.85. The Hall–Kier alpha value is -2.39. The highest BCUT2D eigenvalue weighted by atomic mass is 16.1. The van der Waals surface area contributed by atoms with E-state index in [4.69, 9.17) is 0 Å². The van der Waals surface area contributed by atoms with E-state index in [1.165, 1.54) is 18.4 Å². The number of nitrogens with zero attached hydrogens (tertiary/aromatic N) is 1. The molecule has 0 heterocycles. The average Bonchev–Trinajstić information content (AvgIpc) is 2.65. The zero-order valence-corrected chi connectivity index (χ0v) is 16.2. The monoisotopic (exact) mass is 350 g/mol. The summed E-state index contributed by atoms with van der Waals surface area (Å²) in [5.74, 6) is 0.0277. The molecule has 3 nitrogen and oxygen atoms in total. The predicted molar refractivity (Wildman–Crippen MR) is 112 cm³/mol. The molecule has 0 aliphatic rings. The maximum Gasteiger partial charge on any atom is 0.185 e. The van der Waals surface area contributed by atoms with Gasteiger partial charge in [-0.15, -0.1) is 0 Å². The van der Waals surface area contributed by atoms with E-state index < -0.39 is 0 Å². The summed E-state index contributed by atoms with van der Waals surface area (Å²) in [5.41, 5.74) is 4.15. The highest BCUT2D eigenvalue weighted by molar-refractivity contribution is 6.06. The van der Waals surface area contributed by atoms with Crippen molar-refractivity contribution < 1.29 is 4.79 Å².